The van der Waals surface area contributed by atoms with Crippen LogP contribution in [0.2, 0.25) is 10.0 Å². The summed E-state index contributed by atoms with van der Waals surface area (Å²) in [6.07, 6.45) is 0.934. The number of ether oxygens (including phenoxy) is 1. The molecule has 2 aromatic carbocycles. The van der Waals surface area contributed by atoms with E-state index in [0.717, 1.165) is 25.1 Å². The molecule has 6 nitrogen and oxygen atoms in total. The number of amides is 2. The molecule has 0 bridgehead atoms. The average Bonchev–Trinajstić information content (AvgIpc) is 3.36. The molecule has 2 amide bonds. The molecular weight excluding hydrogens is 413 g/mol. The molecule has 0 aromatic heterocycles. The normalized spacial score (nSPS) is 26.9. The second-order valence-electron chi connectivity index (χ2n) is 7.42. The minimum Gasteiger partial charge on any atom is -0.496 e. The Hall–Kier alpha value is -2.12. The van der Waals surface area contributed by atoms with E-state index in [9.17, 15) is 9.59 Å². The van der Waals surface area contributed by atoms with Crippen molar-refractivity contribution in [2.24, 2.45) is 5.92 Å². The van der Waals surface area contributed by atoms with E-state index in [1.54, 1.807) is 25.3 Å². The molecule has 0 radical (unpaired) electrons. The molecule has 5 rings (SSSR count). The van der Waals surface area contributed by atoms with Crippen LogP contribution in [0.25, 0.3) is 0 Å². The first kappa shape index (κ1) is 18.9. The predicted octanol–water partition coefficient (Wildman–Crippen LogP) is 3.54. The van der Waals surface area contributed by atoms with E-state index in [0.29, 0.717) is 5.75 Å². The summed E-state index contributed by atoms with van der Waals surface area (Å²) >= 11 is 12.7. The van der Waals surface area contributed by atoms with Crippen molar-refractivity contribution in [3.63, 3.8) is 0 Å². The van der Waals surface area contributed by atoms with E-state index < -0.39 is 12.0 Å². The molecule has 0 saturated carbocycles. The quantitative estimate of drug-likeness (QED) is 0.695. The predicted molar refractivity (Wildman–Crippen MR) is 110 cm³/mol. The monoisotopic (exact) mass is 431 g/mol. The molecule has 2 aromatic rings. The molecule has 0 unspecified atom stereocenters. The van der Waals surface area contributed by atoms with Gasteiger partial charge in [0, 0.05) is 18.7 Å². The van der Waals surface area contributed by atoms with Crippen molar-refractivity contribution >= 4 is 40.7 Å². The van der Waals surface area contributed by atoms with E-state index in [4.69, 9.17) is 27.9 Å². The second kappa shape index (κ2) is 6.99. The van der Waals surface area contributed by atoms with Crippen molar-refractivity contribution in [2.75, 3.05) is 25.1 Å². The van der Waals surface area contributed by atoms with Gasteiger partial charge in [0.05, 0.1) is 34.8 Å². The van der Waals surface area contributed by atoms with Crippen LogP contribution in [0.15, 0.2) is 42.5 Å². The highest BCUT2D eigenvalue weighted by atomic mass is 35.5. The van der Waals surface area contributed by atoms with Crippen LogP contribution < -0.4 is 9.64 Å². The summed E-state index contributed by atoms with van der Waals surface area (Å²) in [6.45, 7) is 1.53. The fourth-order valence-electron chi connectivity index (χ4n) is 4.92. The maximum absolute atomic E-state index is 13.6. The van der Waals surface area contributed by atoms with Gasteiger partial charge < -0.3 is 4.74 Å². The summed E-state index contributed by atoms with van der Waals surface area (Å²) in [7, 11) is 1.62. The molecule has 150 valence electrons. The molecule has 8 heteroatoms. The van der Waals surface area contributed by atoms with Gasteiger partial charge in [-0.25, -0.2) is 14.9 Å². The molecule has 3 aliphatic rings. The van der Waals surface area contributed by atoms with Crippen LogP contribution in [-0.4, -0.2) is 48.1 Å². The fourth-order valence-corrected chi connectivity index (χ4v) is 5.49. The number of rotatable bonds is 3. The number of benzene rings is 2. The summed E-state index contributed by atoms with van der Waals surface area (Å²) in [5, 5.41) is 4.75. The summed E-state index contributed by atoms with van der Waals surface area (Å²) in [6, 6.07) is 11.8. The molecule has 0 aliphatic carbocycles. The van der Waals surface area contributed by atoms with Gasteiger partial charge in [0.15, 0.2) is 0 Å². The fraction of sp³-hybridized carbons (Fsp3) is 0.333. The van der Waals surface area contributed by atoms with Gasteiger partial charge in [-0.3, -0.25) is 9.59 Å². The number of methoxy groups -OCH3 is 1. The van der Waals surface area contributed by atoms with Crippen molar-refractivity contribution < 1.29 is 14.3 Å². The number of carbonyl (C=O) groups is 2. The van der Waals surface area contributed by atoms with Crippen LogP contribution in [0.4, 0.5) is 5.69 Å². The third kappa shape index (κ3) is 2.63. The van der Waals surface area contributed by atoms with Crippen LogP contribution in [0, 0.1) is 5.92 Å². The molecule has 3 aliphatic heterocycles. The Bertz CT molecular complexity index is 994. The minimum atomic E-state index is -0.563. The summed E-state index contributed by atoms with van der Waals surface area (Å²) < 4.78 is 5.57. The number of hydrazine groups is 1. The number of nitrogens with zero attached hydrogens (tertiary/aromatic N) is 3. The highest BCUT2D eigenvalue weighted by Crippen LogP contribution is 2.51. The van der Waals surface area contributed by atoms with E-state index in [2.05, 4.69) is 5.01 Å². The molecule has 0 spiro atoms. The maximum atomic E-state index is 13.6. The first-order valence-electron chi connectivity index (χ1n) is 9.52. The first-order valence-corrected chi connectivity index (χ1v) is 10.3. The maximum Gasteiger partial charge on any atom is 0.253 e. The Balaban J connectivity index is 1.64. The third-order valence-corrected chi connectivity index (χ3v) is 6.63. The SMILES string of the molecule is COc1ccccc1[C@@H]1[C@H]2C(=O)N(c3c(Cl)cccc3Cl)C(=O)[C@H]2N2CCCN12. The van der Waals surface area contributed by atoms with Gasteiger partial charge in [-0.2, -0.15) is 0 Å². The van der Waals surface area contributed by atoms with Gasteiger partial charge in [-0.15, -0.1) is 0 Å². The summed E-state index contributed by atoms with van der Waals surface area (Å²) in [5.41, 5.74) is 1.17. The largest absolute Gasteiger partial charge is 0.496 e. The number of carbonyl (C=O) groups excluding carboxylic acids is 2. The molecule has 3 heterocycles. The molecule has 29 heavy (non-hydrogen) atoms. The second-order valence-corrected chi connectivity index (χ2v) is 8.23. The van der Waals surface area contributed by atoms with E-state index in [1.165, 1.54) is 4.90 Å². The highest BCUT2D eigenvalue weighted by molar-refractivity contribution is 6.42. The Kier molecular flexibility index (Phi) is 4.55. The smallest absolute Gasteiger partial charge is 0.253 e. The summed E-state index contributed by atoms with van der Waals surface area (Å²) in [5.74, 6) is -0.398. The lowest BCUT2D eigenvalue weighted by atomic mass is 9.89. The number of halogens is 2. The summed E-state index contributed by atoms with van der Waals surface area (Å²) in [4.78, 5) is 28.3. The molecule has 3 saturated heterocycles. The Morgan fingerprint density at radius 2 is 1.55 bits per heavy atom. The standard InChI is InChI=1S/C21H19Cl2N3O3/c1-29-15-9-3-2-6-12(15)17-16-19(25-11-5-10-24(17)25)21(28)26(20(16)27)18-13(22)7-4-8-14(18)23/h2-4,6-9,16-17,19H,5,10-11H2,1H3/t16-,17-,19+/m1/s1. The lowest BCUT2D eigenvalue weighted by Crippen LogP contribution is -2.44. The van der Waals surface area contributed by atoms with E-state index >= 15 is 0 Å². The van der Waals surface area contributed by atoms with Gasteiger partial charge in [-0.1, -0.05) is 47.5 Å². The number of hydrogen-bond acceptors (Lipinski definition) is 5. The van der Waals surface area contributed by atoms with Crippen LogP contribution in [-0.2, 0) is 9.59 Å². The third-order valence-electron chi connectivity index (χ3n) is 6.02. The molecule has 0 N–H and O–H groups in total. The average molecular weight is 432 g/mol. The number of fused-ring (bicyclic) bond motifs is 3. The van der Waals surface area contributed by atoms with Gasteiger partial charge >= 0.3 is 0 Å². The zero-order valence-corrected chi connectivity index (χ0v) is 17.2. The van der Waals surface area contributed by atoms with Gasteiger partial charge in [-0.05, 0) is 24.6 Å². The first-order chi connectivity index (χ1) is 14.0. The Labute approximate surface area is 178 Å². The lowest BCUT2D eigenvalue weighted by molar-refractivity contribution is -0.126. The van der Waals surface area contributed by atoms with Crippen molar-refractivity contribution in [3.8, 4) is 5.75 Å². The highest BCUT2D eigenvalue weighted by Gasteiger charge is 2.63. The minimum absolute atomic E-state index is 0.268. The van der Waals surface area contributed by atoms with Crippen LogP contribution in [0.5, 0.6) is 5.75 Å². The number of para-hydroxylation sites is 2. The molecule has 3 atom stereocenters. The van der Waals surface area contributed by atoms with Gasteiger partial charge in [0.2, 0.25) is 5.91 Å². The number of anilines is 1. The van der Waals surface area contributed by atoms with Gasteiger partial charge in [0.25, 0.3) is 5.91 Å². The zero-order valence-electron chi connectivity index (χ0n) is 15.7. The van der Waals surface area contributed by atoms with Crippen molar-refractivity contribution in [3.05, 3.63) is 58.1 Å². The van der Waals surface area contributed by atoms with E-state index in [1.807, 2.05) is 29.3 Å². The number of hydrogen-bond donors (Lipinski definition) is 0. The van der Waals surface area contributed by atoms with Crippen molar-refractivity contribution in [1.29, 1.82) is 0 Å². The number of imide groups is 1. The Morgan fingerprint density at radius 3 is 2.24 bits per heavy atom. The zero-order chi connectivity index (χ0) is 20.3. The lowest BCUT2D eigenvalue weighted by Gasteiger charge is -2.30. The van der Waals surface area contributed by atoms with Crippen LogP contribution >= 0.6 is 23.2 Å². The topological polar surface area (TPSA) is 53.1 Å². The molecular formula is C21H19Cl2N3O3. The van der Waals surface area contributed by atoms with Crippen LogP contribution in [0.3, 0.4) is 0 Å². The van der Waals surface area contributed by atoms with E-state index in [-0.39, 0.29) is 33.6 Å². The molecule has 3 fully saturated rings. The van der Waals surface area contributed by atoms with Crippen LogP contribution in [0.1, 0.15) is 18.0 Å². The van der Waals surface area contributed by atoms with Crippen molar-refractivity contribution in [2.45, 2.75) is 18.5 Å². The van der Waals surface area contributed by atoms with Gasteiger partial charge in [0.1, 0.15) is 11.8 Å². The Morgan fingerprint density at radius 1 is 0.897 bits per heavy atom. The van der Waals surface area contributed by atoms with Crippen molar-refractivity contribution in [1.82, 2.24) is 10.0 Å².